The molecule has 0 aliphatic carbocycles. The predicted octanol–water partition coefficient (Wildman–Crippen LogP) is 0.913. The lowest BCUT2D eigenvalue weighted by Gasteiger charge is -2.15. The fourth-order valence-corrected chi connectivity index (χ4v) is 2.02. The first-order valence-electron chi connectivity index (χ1n) is 6.70. The average Bonchev–Trinajstić information content (AvgIpc) is 2.86. The molecule has 7 nitrogen and oxygen atoms in total. The van der Waals surface area contributed by atoms with E-state index in [4.69, 9.17) is 11.5 Å². The highest BCUT2D eigenvalue weighted by Crippen LogP contribution is 2.24. The molecule has 0 bridgehead atoms. The molecule has 0 saturated carbocycles. The number of hydrogen-bond donors (Lipinski definition) is 3. The van der Waals surface area contributed by atoms with Crippen LogP contribution in [0, 0.1) is 0 Å². The Kier molecular flexibility index (Phi) is 4.94. The number of alkyl halides is 3. The molecule has 0 aromatic heterocycles. The zero-order chi connectivity index (χ0) is 17.0. The highest BCUT2D eigenvalue weighted by molar-refractivity contribution is 5.94. The number of ether oxygens (including phenoxy) is 1. The summed E-state index contributed by atoms with van der Waals surface area (Å²) >= 11 is 0. The monoisotopic (exact) mass is 331 g/mol. The Morgan fingerprint density at radius 1 is 1.26 bits per heavy atom. The van der Waals surface area contributed by atoms with Crippen LogP contribution >= 0.6 is 0 Å². The highest BCUT2D eigenvalue weighted by Gasteiger charge is 2.30. The minimum Gasteiger partial charge on any atom is -0.406 e. The molecule has 1 saturated heterocycles. The van der Waals surface area contributed by atoms with Crippen molar-refractivity contribution >= 4 is 17.6 Å². The fraction of sp³-hybridized carbons (Fsp3) is 0.385. The van der Waals surface area contributed by atoms with Crippen molar-refractivity contribution in [2.45, 2.75) is 18.9 Å². The van der Waals surface area contributed by atoms with Crippen molar-refractivity contribution in [3.05, 3.63) is 24.3 Å². The van der Waals surface area contributed by atoms with Gasteiger partial charge in [0.1, 0.15) is 5.75 Å². The maximum atomic E-state index is 12.0. The Bertz CT molecular complexity index is 601. The number of β-amino-alcohol motifs (C(OH)–C–C–N with tert-alkyl or cyclic N) is 1. The van der Waals surface area contributed by atoms with Gasteiger partial charge in [0.25, 0.3) is 0 Å². The molecule has 2 rings (SSSR count). The maximum Gasteiger partial charge on any atom is 0.573 e. The highest BCUT2D eigenvalue weighted by atomic mass is 19.4. The van der Waals surface area contributed by atoms with Gasteiger partial charge in [0.2, 0.25) is 5.96 Å². The van der Waals surface area contributed by atoms with Gasteiger partial charge in [-0.1, -0.05) is 0 Å². The molecule has 1 heterocycles. The zero-order valence-corrected chi connectivity index (χ0v) is 12.0. The van der Waals surface area contributed by atoms with Crippen LogP contribution in [0.25, 0.3) is 0 Å². The van der Waals surface area contributed by atoms with E-state index in [0.29, 0.717) is 25.2 Å². The van der Waals surface area contributed by atoms with E-state index in [1.165, 1.54) is 12.1 Å². The quantitative estimate of drug-likeness (QED) is 0.551. The SMILES string of the molecule is NC(=Nc1ccc(OC(F)(F)F)cc1)N=C(N)N1CC[C@@H](O)C1. The van der Waals surface area contributed by atoms with Crippen LogP contribution in [0.3, 0.4) is 0 Å². The van der Waals surface area contributed by atoms with Crippen LogP contribution in [-0.4, -0.2) is 47.5 Å². The van der Waals surface area contributed by atoms with E-state index in [-0.39, 0.29) is 17.7 Å². The van der Waals surface area contributed by atoms with E-state index in [1.807, 2.05) is 0 Å². The molecule has 1 atom stereocenters. The lowest BCUT2D eigenvalue weighted by atomic mass is 10.3. The van der Waals surface area contributed by atoms with Gasteiger partial charge in [-0.2, -0.15) is 4.99 Å². The number of nitrogens with zero attached hydrogens (tertiary/aromatic N) is 3. The third-order valence-corrected chi connectivity index (χ3v) is 3.03. The summed E-state index contributed by atoms with van der Waals surface area (Å²) in [5.41, 5.74) is 11.7. The maximum absolute atomic E-state index is 12.0. The van der Waals surface area contributed by atoms with Crippen LogP contribution in [0.1, 0.15) is 6.42 Å². The van der Waals surface area contributed by atoms with Crippen LogP contribution in [-0.2, 0) is 0 Å². The first kappa shape index (κ1) is 16.9. The van der Waals surface area contributed by atoms with Crippen molar-refractivity contribution in [2.75, 3.05) is 13.1 Å². The van der Waals surface area contributed by atoms with Crippen molar-refractivity contribution in [1.29, 1.82) is 0 Å². The zero-order valence-electron chi connectivity index (χ0n) is 12.0. The van der Waals surface area contributed by atoms with Gasteiger partial charge in [0, 0.05) is 13.1 Å². The van der Waals surface area contributed by atoms with Gasteiger partial charge in [-0.15, -0.1) is 13.2 Å². The molecule has 0 unspecified atom stereocenters. The molecule has 1 fully saturated rings. The largest absolute Gasteiger partial charge is 0.573 e. The minimum absolute atomic E-state index is 0.125. The van der Waals surface area contributed by atoms with Crippen LogP contribution in [0.5, 0.6) is 5.75 Å². The van der Waals surface area contributed by atoms with Crippen molar-refractivity contribution in [1.82, 2.24) is 4.90 Å². The summed E-state index contributed by atoms with van der Waals surface area (Å²) < 4.78 is 39.9. The molecule has 126 valence electrons. The summed E-state index contributed by atoms with van der Waals surface area (Å²) in [4.78, 5) is 9.48. The Morgan fingerprint density at radius 3 is 2.43 bits per heavy atom. The summed E-state index contributed by atoms with van der Waals surface area (Å²) in [6, 6.07) is 4.84. The van der Waals surface area contributed by atoms with E-state index in [1.54, 1.807) is 4.90 Å². The molecular weight excluding hydrogens is 315 g/mol. The van der Waals surface area contributed by atoms with Gasteiger partial charge < -0.3 is 26.2 Å². The average molecular weight is 331 g/mol. The van der Waals surface area contributed by atoms with Gasteiger partial charge in [0.05, 0.1) is 11.8 Å². The molecule has 1 aliphatic heterocycles. The number of benzene rings is 1. The van der Waals surface area contributed by atoms with Crippen LogP contribution in [0.15, 0.2) is 34.3 Å². The van der Waals surface area contributed by atoms with Crippen LogP contribution < -0.4 is 16.2 Å². The Morgan fingerprint density at radius 2 is 1.91 bits per heavy atom. The number of nitrogens with two attached hydrogens (primary N) is 2. The molecular formula is C13H16F3N5O2. The van der Waals surface area contributed by atoms with Gasteiger partial charge >= 0.3 is 6.36 Å². The van der Waals surface area contributed by atoms with E-state index in [0.717, 1.165) is 12.1 Å². The molecule has 1 aromatic carbocycles. The standard InChI is InChI=1S/C13H16F3N5O2/c14-13(15,16)23-10-3-1-8(2-4-10)19-11(17)20-12(18)21-6-5-9(22)7-21/h1-4,9,22H,5-7H2,(H4,17,18,19,20)/t9-/m1/s1. The smallest absolute Gasteiger partial charge is 0.406 e. The normalized spacial score (nSPS) is 20.0. The number of aliphatic hydroxyl groups is 1. The molecule has 0 amide bonds. The lowest BCUT2D eigenvalue weighted by Crippen LogP contribution is -2.37. The predicted molar refractivity (Wildman–Crippen MR) is 78.2 cm³/mol. The van der Waals surface area contributed by atoms with Gasteiger partial charge in [-0.3, -0.25) is 0 Å². The summed E-state index contributed by atoms with van der Waals surface area (Å²) in [5.74, 6) is -0.378. The third-order valence-electron chi connectivity index (χ3n) is 3.03. The number of rotatable bonds is 2. The van der Waals surface area contributed by atoms with Crippen LogP contribution in [0.4, 0.5) is 18.9 Å². The second-order valence-corrected chi connectivity index (χ2v) is 4.87. The van der Waals surface area contributed by atoms with Crippen molar-refractivity contribution in [3.8, 4) is 5.75 Å². The third kappa shape index (κ3) is 5.33. The van der Waals surface area contributed by atoms with E-state index in [9.17, 15) is 18.3 Å². The molecule has 0 radical (unpaired) electrons. The van der Waals surface area contributed by atoms with Crippen molar-refractivity contribution in [2.24, 2.45) is 21.5 Å². The number of guanidine groups is 2. The van der Waals surface area contributed by atoms with Crippen LogP contribution in [0.2, 0.25) is 0 Å². The Balaban J connectivity index is 2.03. The number of hydrogen-bond acceptors (Lipinski definition) is 3. The van der Waals surface area contributed by atoms with Crippen molar-refractivity contribution < 1.29 is 23.0 Å². The van der Waals surface area contributed by atoms with Gasteiger partial charge in [-0.05, 0) is 30.7 Å². The first-order chi connectivity index (χ1) is 10.7. The second kappa shape index (κ2) is 6.73. The lowest BCUT2D eigenvalue weighted by molar-refractivity contribution is -0.274. The number of aliphatic hydroxyl groups excluding tert-OH is 1. The molecule has 23 heavy (non-hydrogen) atoms. The van der Waals surface area contributed by atoms with Crippen molar-refractivity contribution in [3.63, 3.8) is 0 Å². The Labute approximate surface area is 130 Å². The minimum atomic E-state index is -4.75. The molecule has 0 spiro atoms. The van der Waals surface area contributed by atoms with Gasteiger partial charge in [0.15, 0.2) is 5.96 Å². The molecule has 10 heteroatoms. The van der Waals surface area contributed by atoms with E-state index < -0.39 is 12.5 Å². The number of halogens is 3. The summed E-state index contributed by atoms with van der Waals surface area (Å²) in [7, 11) is 0. The number of aliphatic imine (C=N–C) groups is 2. The summed E-state index contributed by atoms with van der Waals surface area (Å²) in [6.45, 7) is 0.930. The Hall–Kier alpha value is -2.49. The fourth-order valence-electron chi connectivity index (χ4n) is 2.02. The molecule has 1 aliphatic rings. The van der Waals surface area contributed by atoms with E-state index in [2.05, 4.69) is 14.7 Å². The second-order valence-electron chi connectivity index (χ2n) is 4.87. The first-order valence-corrected chi connectivity index (χ1v) is 6.70. The van der Waals surface area contributed by atoms with E-state index >= 15 is 0 Å². The summed E-state index contributed by atoms with van der Waals surface area (Å²) in [6.07, 6.45) is -4.61. The number of likely N-dealkylation sites (tertiary alicyclic amines) is 1. The molecule has 1 aromatic rings. The molecule has 5 N–H and O–H groups in total. The topological polar surface area (TPSA) is 109 Å². The summed E-state index contributed by atoms with van der Waals surface area (Å²) in [5, 5.41) is 9.42. The van der Waals surface area contributed by atoms with Gasteiger partial charge in [-0.25, -0.2) is 4.99 Å².